The predicted octanol–water partition coefficient (Wildman–Crippen LogP) is 3.48. The van der Waals surface area contributed by atoms with Crippen LogP contribution >= 0.6 is 0 Å². The molecule has 2 aliphatic rings. The van der Waals surface area contributed by atoms with E-state index in [9.17, 15) is 14.4 Å². The molecule has 8 heteroatoms. The molecule has 0 saturated heterocycles. The third kappa shape index (κ3) is 4.62. The Hall–Kier alpha value is -3.42. The van der Waals surface area contributed by atoms with E-state index < -0.39 is 30.4 Å². The molecule has 2 amide bonds. The number of hydrogen-bond donors (Lipinski definition) is 2. The lowest BCUT2D eigenvalue weighted by Gasteiger charge is -2.34. The van der Waals surface area contributed by atoms with Gasteiger partial charge in [0, 0.05) is 17.5 Å². The van der Waals surface area contributed by atoms with Gasteiger partial charge in [-0.1, -0.05) is 51.1 Å². The zero-order chi connectivity index (χ0) is 24.3. The Balaban J connectivity index is 1.35. The Morgan fingerprint density at radius 3 is 2.53 bits per heavy atom. The number of esters is 1. The van der Waals surface area contributed by atoms with Gasteiger partial charge in [0.2, 0.25) is 0 Å². The second-order valence-electron chi connectivity index (χ2n) is 9.89. The zero-order valence-corrected chi connectivity index (χ0v) is 19.8. The van der Waals surface area contributed by atoms with Gasteiger partial charge in [-0.25, -0.2) is 10.2 Å². The van der Waals surface area contributed by atoms with Crippen LogP contribution in [0.4, 0.5) is 0 Å². The van der Waals surface area contributed by atoms with Crippen molar-refractivity contribution in [2.45, 2.75) is 52.5 Å². The van der Waals surface area contributed by atoms with Crippen molar-refractivity contribution in [3.8, 4) is 0 Å². The second-order valence-corrected chi connectivity index (χ2v) is 9.89. The van der Waals surface area contributed by atoms with Crippen LogP contribution in [-0.2, 0) is 20.7 Å². The van der Waals surface area contributed by atoms with E-state index in [0.29, 0.717) is 5.92 Å². The van der Waals surface area contributed by atoms with Crippen LogP contribution in [0.5, 0.6) is 0 Å². The van der Waals surface area contributed by atoms with E-state index in [1.165, 1.54) is 18.8 Å². The molecule has 2 N–H and O–H groups in total. The van der Waals surface area contributed by atoms with Crippen LogP contribution in [0, 0.1) is 16.7 Å². The average Bonchev–Trinajstić information content (AvgIpc) is 3.48. The summed E-state index contributed by atoms with van der Waals surface area (Å²) in [7, 11) is 0. The average molecular weight is 466 g/mol. The van der Waals surface area contributed by atoms with Crippen LogP contribution in [0.1, 0.15) is 56.2 Å². The van der Waals surface area contributed by atoms with Gasteiger partial charge in [-0.15, -0.1) is 0 Å². The van der Waals surface area contributed by atoms with Gasteiger partial charge < -0.3 is 14.5 Å². The van der Waals surface area contributed by atoms with Gasteiger partial charge in [-0.05, 0) is 48.3 Å². The van der Waals surface area contributed by atoms with Gasteiger partial charge in [0.25, 0.3) is 11.8 Å². The minimum absolute atomic E-state index is 0.0292. The number of fused-ring (bicyclic) bond motifs is 2. The second kappa shape index (κ2) is 9.44. The minimum Gasteiger partial charge on any atom is -0.459 e. The van der Waals surface area contributed by atoms with E-state index in [4.69, 9.17) is 9.15 Å². The van der Waals surface area contributed by atoms with Gasteiger partial charge >= 0.3 is 5.97 Å². The molecule has 1 aromatic heterocycles. The molecule has 0 radical (unpaired) electrons. The summed E-state index contributed by atoms with van der Waals surface area (Å²) in [5.41, 5.74) is 4.51. The number of hydrogen-bond acceptors (Lipinski definition) is 6. The molecular weight excluding hydrogens is 434 g/mol. The van der Waals surface area contributed by atoms with E-state index in [2.05, 4.69) is 36.6 Å². The van der Waals surface area contributed by atoms with E-state index in [1.807, 2.05) is 30.3 Å². The smallest absolute Gasteiger partial charge is 0.329 e. The van der Waals surface area contributed by atoms with Gasteiger partial charge in [-0.2, -0.15) is 5.10 Å². The van der Waals surface area contributed by atoms with Crippen molar-refractivity contribution >= 4 is 23.5 Å². The number of carbonyl (C=O) groups is 3. The Labute approximate surface area is 199 Å². The molecular formula is C26H31N3O5. The fourth-order valence-electron chi connectivity index (χ4n) is 5.18. The molecule has 8 nitrogen and oxygen atoms in total. The number of carbonyl (C=O) groups excluding carboxylic acids is 3. The van der Waals surface area contributed by atoms with Crippen molar-refractivity contribution in [3.63, 3.8) is 0 Å². The fraction of sp³-hybridized carbons (Fsp3) is 0.462. The molecule has 3 atom stereocenters. The number of furan rings is 1. The molecule has 3 unspecified atom stereocenters. The Bertz CT molecular complexity index is 1080. The molecule has 2 fully saturated rings. The van der Waals surface area contributed by atoms with E-state index in [0.717, 1.165) is 24.1 Å². The first-order chi connectivity index (χ1) is 16.2. The molecule has 2 saturated carbocycles. The summed E-state index contributed by atoms with van der Waals surface area (Å²) in [5, 5.41) is 7.02. The summed E-state index contributed by atoms with van der Waals surface area (Å²) < 4.78 is 10.3. The highest BCUT2D eigenvalue weighted by Gasteiger charge is 2.60. The molecule has 2 aromatic rings. The lowest BCUT2D eigenvalue weighted by atomic mass is 9.70. The highest BCUT2D eigenvalue weighted by Crippen LogP contribution is 2.63. The highest BCUT2D eigenvalue weighted by atomic mass is 16.5. The maximum atomic E-state index is 12.8. The summed E-state index contributed by atoms with van der Waals surface area (Å²) >= 11 is 0. The summed E-state index contributed by atoms with van der Waals surface area (Å²) in [6.07, 6.45) is 4.71. The maximum absolute atomic E-state index is 12.8. The number of amides is 2. The molecule has 34 heavy (non-hydrogen) atoms. The highest BCUT2D eigenvalue weighted by molar-refractivity contribution is 5.96. The summed E-state index contributed by atoms with van der Waals surface area (Å²) in [5.74, 6) is -1.10. The summed E-state index contributed by atoms with van der Waals surface area (Å²) in [6, 6.07) is 11.4. The number of rotatable bonds is 8. The minimum atomic E-state index is -0.982. The molecule has 0 aliphatic heterocycles. The number of nitrogens with zero attached hydrogens (tertiary/aromatic N) is 1. The quantitative estimate of drug-likeness (QED) is 0.458. The van der Waals surface area contributed by atoms with Crippen LogP contribution in [0.2, 0.25) is 0 Å². The van der Waals surface area contributed by atoms with Gasteiger partial charge in [0.15, 0.2) is 12.4 Å². The molecule has 2 bridgehead atoms. The Morgan fingerprint density at radius 2 is 1.91 bits per heavy atom. The first-order valence-electron chi connectivity index (χ1n) is 11.6. The van der Waals surface area contributed by atoms with Crippen LogP contribution in [0.15, 0.2) is 58.2 Å². The standard InChI is InChI=1S/C26H31N3O5/c1-25(2)18-11-12-26(25,3)21(15-18)28-29-22(30)16-34-24(32)19(14-17-8-5-4-6-9-17)27-23(31)20-10-7-13-33-20/h4-10,13,18-19H,11-12,14-16H2,1-3H3,(H,27,31)(H,29,30)/b28-21-. The number of hydrazone groups is 1. The fourth-order valence-corrected chi connectivity index (χ4v) is 5.18. The molecule has 1 aromatic carbocycles. The van der Waals surface area contributed by atoms with E-state index >= 15 is 0 Å². The predicted molar refractivity (Wildman–Crippen MR) is 126 cm³/mol. The third-order valence-corrected chi connectivity index (χ3v) is 7.79. The Morgan fingerprint density at radius 1 is 1.15 bits per heavy atom. The topological polar surface area (TPSA) is 110 Å². The number of nitrogens with one attached hydrogen (secondary N) is 2. The number of benzene rings is 1. The van der Waals surface area contributed by atoms with Gasteiger partial charge in [0.1, 0.15) is 6.04 Å². The molecule has 4 rings (SSSR count). The first kappa shape index (κ1) is 23.7. The zero-order valence-electron chi connectivity index (χ0n) is 19.8. The van der Waals surface area contributed by atoms with E-state index in [-0.39, 0.29) is 23.0 Å². The molecule has 180 valence electrons. The van der Waals surface area contributed by atoms with Gasteiger partial charge in [-0.3, -0.25) is 9.59 Å². The van der Waals surface area contributed by atoms with E-state index in [1.54, 1.807) is 6.07 Å². The molecule has 2 aliphatic carbocycles. The Kier molecular flexibility index (Phi) is 6.59. The molecule has 1 heterocycles. The summed E-state index contributed by atoms with van der Waals surface area (Å²) in [6.45, 7) is 6.25. The van der Waals surface area contributed by atoms with Crippen molar-refractivity contribution in [1.29, 1.82) is 0 Å². The monoisotopic (exact) mass is 465 g/mol. The lowest BCUT2D eigenvalue weighted by molar-refractivity contribution is -0.150. The lowest BCUT2D eigenvalue weighted by Crippen LogP contribution is -2.44. The van der Waals surface area contributed by atoms with Gasteiger partial charge in [0.05, 0.1) is 6.26 Å². The van der Waals surface area contributed by atoms with Crippen molar-refractivity contribution in [2.75, 3.05) is 6.61 Å². The van der Waals surface area contributed by atoms with Crippen LogP contribution in [0.3, 0.4) is 0 Å². The third-order valence-electron chi connectivity index (χ3n) is 7.79. The molecule has 0 spiro atoms. The maximum Gasteiger partial charge on any atom is 0.329 e. The SMILES string of the molecule is CC12CCC(C/C1=N/NC(=O)COC(=O)C(Cc1ccccc1)NC(=O)c1ccco1)C2(C)C. The van der Waals surface area contributed by atoms with Crippen molar-refractivity contribution in [1.82, 2.24) is 10.7 Å². The van der Waals surface area contributed by atoms with Crippen LogP contribution < -0.4 is 10.7 Å². The normalized spacial score (nSPS) is 24.6. The largest absolute Gasteiger partial charge is 0.459 e. The first-order valence-corrected chi connectivity index (χ1v) is 11.6. The summed E-state index contributed by atoms with van der Waals surface area (Å²) in [4.78, 5) is 37.6. The van der Waals surface area contributed by atoms with Crippen molar-refractivity contribution in [3.05, 3.63) is 60.1 Å². The number of ether oxygens (including phenoxy) is 1. The van der Waals surface area contributed by atoms with Crippen molar-refractivity contribution < 1.29 is 23.5 Å². The van der Waals surface area contributed by atoms with Crippen molar-refractivity contribution in [2.24, 2.45) is 21.8 Å². The van der Waals surface area contributed by atoms with Crippen LogP contribution in [-0.4, -0.2) is 36.1 Å². The van der Waals surface area contributed by atoms with Crippen LogP contribution in [0.25, 0.3) is 0 Å².